The number of benzene rings is 2. The van der Waals surface area contributed by atoms with Crippen LogP contribution in [-0.2, 0) is 6.42 Å². The Bertz CT molecular complexity index is 501. The van der Waals surface area contributed by atoms with Gasteiger partial charge in [-0.05, 0) is 29.5 Å². The molecule has 0 saturated carbocycles. The van der Waals surface area contributed by atoms with Gasteiger partial charge < -0.3 is 0 Å². The van der Waals surface area contributed by atoms with E-state index in [1.807, 2.05) is 6.07 Å². The van der Waals surface area contributed by atoms with Crippen LogP contribution in [0.1, 0.15) is 54.7 Å². The van der Waals surface area contributed by atoms with Crippen LogP contribution < -0.4 is 0 Å². The molecule has 0 fully saturated rings. The van der Waals surface area contributed by atoms with Gasteiger partial charge in [0.15, 0.2) is 0 Å². The van der Waals surface area contributed by atoms with Crippen molar-refractivity contribution in [1.29, 1.82) is 0 Å². The Kier molecular flexibility index (Phi) is 5.67. The van der Waals surface area contributed by atoms with Crippen molar-refractivity contribution in [3.8, 4) is 0 Å². The molecule has 1 heteroatoms. The minimum absolute atomic E-state index is 0.0256. The van der Waals surface area contributed by atoms with Crippen molar-refractivity contribution < 1.29 is 0 Å². The highest BCUT2D eigenvalue weighted by Crippen LogP contribution is 2.35. The maximum atomic E-state index is 6.65. The molecule has 0 spiro atoms. The van der Waals surface area contributed by atoms with Gasteiger partial charge in [-0.25, -0.2) is 0 Å². The van der Waals surface area contributed by atoms with E-state index < -0.39 is 0 Å². The van der Waals surface area contributed by atoms with Gasteiger partial charge in [0, 0.05) is 5.92 Å². The third-order valence-corrected chi connectivity index (χ3v) is 4.51. The first-order chi connectivity index (χ1) is 9.72. The quantitative estimate of drug-likeness (QED) is 0.562. The normalized spacial score (nSPS) is 13.9. The second-order valence-corrected chi connectivity index (χ2v) is 5.92. The van der Waals surface area contributed by atoms with E-state index in [-0.39, 0.29) is 5.38 Å². The summed E-state index contributed by atoms with van der Waals surface area (Å²) in [6, 6.07) is 19.3. The van der Waals surface area contributed by atoms with Crippen molar-refractivity contribution in [1.82, 2.24) is 0 Å². The van der Waals surface area contributed by atoms with E-state index in [1.165, 1.54) is 29.5 Å². The number of halogens is 1. The van der Waals surface area contributed by atoms with Crippen molar-refractivity contribution in [3.63, 3.8) is 0 Å². The monoisotopic (exact) mass is 286 g/mol. The molecule has 0 heterocycles. The number of rotatable bonds is 6. The van der Waals surface area contributed by atoms with E-state index in [0.717, 1.165) is 6.42 Å². The average molecular weight is 287 g/mol. The molecule has 0 nitrogen and oxygen atoms in total. The van der Waals surface area contributed by atoms with Gasteiger partial charge in [-0.15, -0.1) is 11.6 Å². The Balaban J connectivity index is 2.07. The molecule has 2 rings (SSSR count). The fourth-order valence-electron chi connectivity index (χ4n) is 2.46. The Morgan fingerprint density at radius 3 is 2.15 bits per heavy atom. The molecule has 20 heavy (non-hydrogen) atoms. The fraction of sp³-hybridized carbons (Fsp3) is 0.368. The number of alkyl halides is 1. The van der Waals surface area contributed by atoms with Crippen LogP contribution in [0.25, 0.3) is 0 Å². The van der Waals surface area contributed by atoms with Gasteiger partial charge in [-0.2, -0.15) is 0 Å². The third kappa shape index (κ3) is 3.86. The summed E-state index contributed by atoms with van der Waals surface area (Å²) in [6.45, 7) is 4.42. The highest BCUT2D eigenvalue weighted by Gasteiger charge is 2.17. The van der Waals surface area contributed by atoms with Crippen molar-refractivity contribution in [2.24, 2.45) is 0 Å². The van der Waals surface area contributed by atoms with Crippen LogP contribution in [-0.4, -0.2) is 0 Å². The second kappa shape index (κ2) is 7.50. The van der Waals surface area contributed by atoms with Crippen molar-refractivity contribution in [2.45, 2.75) is 44.4 Å². The van der Waals surface area contributed by atoms with E-state index in [2.05, 4.69) is 62.4 Å². The smallest absolute Gasteiger partial charge is 0.0651 e. The fourth-order valence-corrected chi connectivity index (χ4v) is 2.75. The van der Waals surface area contributed by atoms with Crippen LogP contribution in [0.3, 0.4) is 0 Å². The molecular formula is C19H23Cl. The van der Waals surface area contributed by atoms with Gasteiger partial charge in [0.05, 0.1) is 5.38 Å². The lowest BCUT2D eigenvalue weighted by Crippen LogP contribution is -2.02. The Morgan fingerprint density at radius 2 is 1.55 bits per heavy atom. The van der Waals surface area contributed by atoms with Crippen LogP contribution in [0.5, 0.6) is 0 Å². The molecule has 106 valence electrons. The second-order valence-electron chi connectivity index (χ2n) is 5.45. The molecule has 0 aliphatic heterocycles. The van der Waals surface area contributed by atoms with E-state index in [0.29, 0.717) is 5.92 Å². The number of aryl methyl sites for hydroxylation is 1. The summed E-state index contributed by atoms with van der Waals surface area (Å²) in [5.74, 6) is 0.319. The molecule has 0 radical (unpaired) electrons. The molecule has 2 unspecified atom stereocenters. The van der Waals surface area contributed by atoms with Gasteiger partial charge in [0.25, 0.3) is 0 Å². The van der Waals surface area contributed by atoms with Gasteiger partial charge in [-0.1, -0.05) is 74.9 Å². The first kappa shape index (κ1) is 15.1. The largest absolute Gasteiger partial charge is 0.117 e. The standard InChI is InChI=1S/C19H23Cl/c1-3-4-8-16-11-13-18(14-12-16)19(20)15(2)17-9-6-5-7-10-17/h5-7,9-15,19H,3-4,8H2,1-2H3. The predicted octanol–water partition coefficient (Wildman–Crippen LogP) is 6.11. The molecule has 0 aliphatic rings. The summed E-state index contributed by atoms with van der Waals surface area (Å²) >= 11 is 6.65. The van der Waals surface area contributed by atoms with Gasteiger partial charge in [0.1, 0.15) is 0 Å². The molecule has 0 N–H and O–H groups in total. The van der Waals surface area contributed by atoms with E-state index in [1.54, 1.807) is 0 Å². The lowest BCUT2D eigenvalue weighted by Gasteiger charge is -2.19. The highest BCUT2D eigenvalue weighted by molar-refractivity contribution is 6.21. The van der Waals surface area contributed by atoms with Crippen LogP contribution in [0.15, 0.2) is 54.6 Å². The molecule has 0 aromatic heterocycles. The zero-order chi connectivity index (χ0) is 14.4. The highest BCUT2D eigenvalue weighted by atomic mass is 35.5. The molecule has 0 bridgehead atoms. The third-order valence-electron chi connectivity index (χ3n) is 3.88. The van der Waals surface area contributed by atoms with Gasteiger partial charge in [-0.3, -0.25) is 0 Å². The van der Waals surface area contributed by atoms with Gasteiger partial charge in [0.2, 0.25) is 0 Å². The molecule has 2 aromatic carbocycles. The summed E-state index contributed by atoms with van der Waals surface area (Å²) in [6.07, 6.45) is 3.66. The van der Waals surface area contributed by atoms with Crippen LogP contribution in [0.4, 0.5) is 0 Å². The number of hydrogen-bond acceptors (Lipinski definition) is 0. The van der Waals surface area contributed by atoms with Crippen molar-refractivity contribution in [2.75, 3.05) is 0 Å². The minimum Gasteiger partial charge on any atom is -0.117 e. The predicted molar refractivity (Wildman–Crippen MR) is 88.5 cm³/mol. The SMILES string of the molecule is CCCCc1ccc(C(Cl)C(C)c2ccccc2)cc1. The summed E-state index contributed by atoms with van der Waals surface area (Å²) in [5.41, 5.74) is 3.91. The molecule has 0 aliphatic carbocycles. The molecule has 2 aromatic rings. The number of unbranched alkanes of at least 4 members (excludes halogenated alkanes) is 1. The topological polar surface area (TPSA) is 0 Å². The summed E-state index contributed by atoms with van der Waals surface area (Å²) in [7, 11) is 0. The van der Waals surface area contributed by atoms with Crippen LogP contribution in [0, 0.1) is 0 Å². The maximum absolute atomic E-state index is 6.65. The van der Waals surface area contributed by atoms with Gasteiger partial charge >= 0.3 is 0 Å². The molecule has 0 saturated heterocycles. The zero-order valence-electron chi connectivity index (χ0n) is 12.4. The van der Waals surface area contributed by atoms with Crippen molar-refractivity contribution >= 4 is 11.6 Å². The summed E-state index contributed by atoms with van der Waals surface area (Å²) in [4.78, 5) is 0. The van der Waals surface area contributed by atoms with E-state index in [9.17, 15) is 0 Å². The van der Waals surface area contributed by atoms with Crippen LogP contribution >= 0.6 is 11.6 Å². The molecule has 0 amide bonds. The Hall–Kier alpha value is -1.27. The Labute approximate surface area is 127 Å². The maximum Gasteiger partial charge on any atom is 0.0651 e. The van der Waals surface area contributed by atoms with E-state index in [4.69, 9.17) is 11.6 Å². The lowest BCUT2D eigenvalue weighted by atomic mass is 9.92. The summed E-state index contributed by atoms with van der Waals surface area (Å²) < 4.78 is 0. The average Bonchev–Trinajstić information content (AvgIpc) is 2.53. The summed E-state index contributed by atoms with van der Waals surface area (Å²) in [5, 5.41) is 0.0256. The van der Waals surface area contributed by atoms with E-state index >= 15 is 0 Å². The number of hydrogen-bond donors (Lipinski definition) is 0. The van der Waals surface area contributed by atoms with Crippen LogP contribution in [0.2, 0.25) is 0 Å². The molecule has 2 atom stereocenters. The van der Waals surface area contributed by atoms with Crippen molar-refractivity contribution in [3.05, 3.63) is 71.3 Å². The zero-order valence-corrected chi connectivity index (χ0v) is 13.1. The first-order valence-electron chi connectivity index (χ1n) is 7.50. The minimum atomic E-state index is 0.0256. The lowest BCUT2D eigenvalue weighted by molar-refractivity contribution is 0.730. The first-order valence-corrected chi connectivity index (χ1v) is 7.94. The molecular weight excluding hydrogens is 264 g/mol. The Morgan fingerprint density at radius 1 is 0.900 bits per heavy atom.